The summed E-state index contributed by atoms with van der Waals surface area (Å²) >= 11 is 0. The molecule has 0 fully saturated rings. The molecule has 0 radical (unpaired) electrons. The lowest BCUT2D eigenvalue weighted by Crippen LogP contribution is -2.00. The van der Waals surface area contributed by atoms with Gasteiger partial charge in [-0.1, -0.05) is 61.2 Å². The molecule has 16 heavy (non-hydrogen) atoms. The van der Waals surface area contributed by atoms with Crippen molar-refractivity contribution in [2.45, 2.75) is 0 Å². The monoisotopic (exact) mass is 208 g/mol. The molecule has 0 bridgehead atoms. The number of carbonyl (C=O) groups is 1. The Morgan fingerprint density at radius 3 is 2.31 bits per heavy atom. The number of hydrogen-bond donors (Lipinski definition) is 0. The second-order valence-corrected chi connectivity index (χ2v) is 3.52. The zero-order valence-corrected chi connectivity index (χ0v) is 8.89. The summed E-state index contributed by atoms with van der Waals surface area (Å²) in [5.41, 5.74) is 2.37. The van der Waals surface area contributed by atoms with E-state index in [0.29, 0.717) is 11.1 Å². The Morgan fingerprint density at radius 2 is 1.62 bits per heavy atom. The van der Waals surface area contributed by atoms with Crippen LogP contribution in [0.2, 0.25) is 0 Å². The fraction of sp³-hybridized carbons (Fsp3) is 0. The van der Waals surface area contributed by atoms with Crippen molar-refractivity contribution in [1.82, 2.24) is 0 Å². The minimum atomic E-state index is 0.0456. The van der Waals surface area contributed by atoms with Gasteiger partial charge in [0.1, 0.15) is 0 Å². The van der Waals surface area contributed by atoms with Crippen LogP contribution in [0, 0.1) is 0 Å². The number of carbonyl (C=O) groups excluding carboxylic acids is 1. The Bertz CT molecular complexity index is 512. The summed E-state index contributed by atoms with van der Waals surface area (Å²) in [5, 5.41) is 0. The normalized spacial score (nSPS) is 9.75. The maximum absolute atomic E-state index is 12.1. The van der Waals surface area contributed by atoms with E-state index in [9.17, 15) is 4.79 Å². The minimum Gasteiger partial charge on any atom is -0.289 e. The molecule has 1 nitrogen and oxygen atoms in total. The number of hydrogen-bond acceptors (Lipinski definition) is 1. The highest BCUT2D eigenvalue weighted by atomic mass is 16.1. The highest BCUT2D eigenvalue weighted by molar-refractivity contribution is 6.09. The van der Waals surface area contributed by atoms with Crippen LogP contribution in [0.1, 0.15) is 21.5 Å². The molecule has 1 heteroatoms. The van der Waals surface area contributed by atoms with E-state index in [1.54, 1.807) is 6.08 Å². The van der Waals surface area contributed by atoms with E-state index in [1.165, 1.54) is 0 Å². The molecule has 78 valence electrons. The average molecular weight is 208 g/mol. The van der Waals surface area contributed by atoms with E-state index < -0.39 is 0 Å². The van der Waals surface area contributed by atoms with E-state index in [-0.39, 0.29) is 5.78 Å². The molecule has 0 heterocycles. The molecule has 2 rings (SSSR count). The third-order valence-electron chi connectivity index (χ3n) is 2.42. The van der Waals surface area contributed by atoms with Gasteiger partial charge in [0.2, 0.25) is 0 Å². The van der Waals surface area contributed by atoms with Crippen LogP contribution >= 0.6 is 0 Å². The Kier molecular flexibility index (Phi) is 2.97. The van der Waals surface area contributed by atoms with Gasteiger partial charge in [-0.05, 0) is 11.6 Å². The van der Waals surface area contributed by atoms with Gasteiger partial charge in [-0.15, -0.1) is 0 Å². The van der Waals surface area contributed by atoms with Gasteiger partial charge in [-0.2, -0.15) is 0 Å². The summed E-state index contributed by atoms with van der Waals surface area (Å²) in [7, 11) is 0. The van der Waals surface area contributed by atoms with E-state index in [4.69, 9.17) is 0 Å². The van der Waals surface area contributed by atoms with Crippen molar-refractivity contribution in [3.05, 3.63) is 77.9 Å². The van der Waals surface area contributed by atoms with Crippen molar-refractivity contribution in [3.63, 3.8) is 0 Å². The summed E-state index contributed by atoms with van der Waals surface area (Å²) in [6.45, 7) is 3.69. The van der Waals surface area contributed by atoms with Crippen LogP contribution in [0.3, 0.4) is 0 Å². The van der Waals surface area contributed by atoms with E-state index in [0.717, 1.165) is 5.56 Å². The number of benzene rings is 2. The minimum absolute atomic E-state index is 0.0456. The zero-order chi connectivity index (χ0) is 11.4. The van der Waals surface area contributed by atoms with Crippen molar-refractivity contribution in [2.24, 2.45) is 0 Å². The molecule has 0 amide bonds. The van der Waals surface area contributed by atoms with Crippen LogP contribution < -0.4 is 0 Å². The average Bonchev–Trinajstić information content (AvgIpc) is 2.39. The second kappa shape index (κ2) is 4.58. The lowest BCUT2D eigenvalue weighted by Gasteiger charge is -2.01. The molecule has 0 aliphatic heterocycles. The summed E-state index contributed by atoms with van der Waals surface area (Å²) in [6.07, 6.45) is 1.74. The quantitative estimate of drug-likeness (QED) is 0.705. The number of ketones is 1. The molecule has 2 aromatic carbocycles. The molecule has 0 aliphatic rings. The van der Waals surface area contributed by atoms with Gasteiger partial charge in [0.25, 0.3) is 0 Å². The van der Waals surface area contributed by atoms with Crippen molar-refractivity contribution in [1.29, 1.82) is 0 Å². The van der Waals surface area contributed by atoms with Crippen LogP contribution in [0.4, 0.5) is 0 Å². The molecule has 0 saturated heterocycles. The fourth-order valence-corrected chi connectivity index (χ4v) is 1.56. The second-order valence-electron chi connectivity index (χ2n) is 3.52. The third kappa shape index (κ3) is 2.09. The SMILES string of the molecule is C=Cc1cccc(C(=O)c2ccccc2)c1. The van der Waals surface area contributed by atoms with Crippen LogP contribution in [0.15, 0.2) is 61.2 Å². The fourth-order valence-electron chi connectivity index (χ4n) is 1.56. The Morgan fingerprint density at radius 1 is 0.938 bits per heavy atom. The third-order valence-corrected chi connectivity index (χ3v) is 2.42. The maximum atomic E-state index is 12.1. The maximum Gasteiger partial charge on any atom is 0.193 e. The summed E-state index contributed by atoms with van der Waals surface area (Å²) < 4.78 is 0. The van der Waals surface area contributed by atoms with E-state index in [2.05, 4.69) is 6.58 Å². The molecule has 2 aromatic rings. The lowest BCUT2D eigenvalue weighted by molar-refractivity contribution is 0.103. The van der Waals surface area contributed by atoms with Crippen LogP contribution in [-0.4, -0.2) is 5.78 Å². The lowest BCUT2D eigenvalue weighted by atomic mass is 10.0. The molecular formula is C15H12O. The summed E-state index contributed by atoms with van der Waals surface area (Å²) in [4.78, 5) is 12.1. The van der Waals surface area contributed by atoms with Crippen molar-refractivity contribution in [2.75, 3.05) is 0 Å². The first-order valence-electron chi connectivity index (χ1n) is 5.13. The Balaban J connectivity index is 2.38. The smallest absolute Gasteiger partial charge is 0.193 e. The predicted molar refractivity (Wildman–Crippen MR) is 66.4 cm³/mol. The van der Waals surface area contributed by atoms with Gasteiger partial charge in [-0.25, -0.2) is 0 Å². The molecule has 0 aliphatic carbocycles. The van der Waals surface area contributed by atoms with Crippen molar-refractivity contribution >= 4 is 11.9 Å². The van der Waals surface area contributed by atoms with Crippen molar-refractivity contribution < 1.29 is 4.79 Å². The zero-order valence-electron chi connectivity index (χ0n) is 8.89. The van der Waals surface area contributed by atoms with Crippen LogP contribution in [0.25, 0.3) is 6.08 Å². The van der Waals surface area contributed by atoms with Crippen molar-refractivity contribution in [3.8, 4) is 0 Å². The van der Waals surface area contributed by atoms with Gasteiger partial charge >= 0.3 is 0 Å². The van der Waals surface area contributed by atoms with Crippen LogP contribution in [0.5, 0.6) is 0 Å². The molecule has 0 aromatic heterocycles. The van der Waals surface area contributed by atoms with E-state index in [1.807, 2.05) is 54.6 Å². The van der Waals surface area contributed by atoms with E-state index >= 15 is 0 Å². The first kappa shape index (κ1) is 10.4. The number of rotatable bonds is 3. The van der Waals surface area contributed by atoms with Gasteiger partial charge < -0.3 is 0 Å². The highest BCUT2D eigenvalue weighted by Gasteiger charge is 2.07. The Hall–Kier alpha value is -2.15. The molecule has 0 N–H and O–H groups in total. The standard InChI is InChI=1S/C15H12O/c1-2-12-7-6-10-14(11-12)15(16)13-8-4-3-5-9-13/h2-11H,1H2. The molecule has 0 atom stereocenters. The van der Waals surface area contributed by atoms with Gasteiger partial charge in [0.15, 0.2) is 5.78 Å². The molecule has 0 spiro atoms. The summed E-state index contributed by atoms with van der Waals surface area (Å²) in [5.74, 6) is 0.0456. The van der Waals surface area contributed by atoms with Gasteiger partial charge in [0.05, 0.1) is 0 Å². The molecule has 0 saturated carbocycles. The molecule has 0 unspecified atom stereocenters. The first-order chi connectivity index (χ1) is 7.81. The largest absolute Gasteiger partial charge is 0.289 e. The highest BCUT2D eigenvalue weighted by Crippen LogP contribution is 2.12. The topological polar surface area (TPSA) is 17.1 Å². The summed E-state index contributed by atoms with van der Waals surface area (Å²) in [6, 6.07) is 16.7. The predicted octanol–water partition coefficient (Wildman–Crippen LogP) is 3.56. The molecular weight excluding hydrogens is 196 g/mol. The van der Waals surface area contributed by atoms with Crippen LogP contribution in [-0.2, 0) is 0 Å². The van der Waals surface area contributed by atoms with Gasteiger partial charge in [0, 0.05) is 11.1 Å². The first-order valence-corrected chi connectivity index (χ1v) is 5.13. The Labute approximate surface area is 95.1 Å². The van der Waals surface area contributed by atoms with Gasteiger partial charge in [-0.3, -0.25) is 4.79 Å².